The molecule has 1 heterocycles. The van der Waals surface area contributed by atoms with Gasteiger partial charge in [0.25, 0.3) is 0 Å². The normalized spacial score (nSPS) is 10.5. The Morgan fingerprint density at radius 1 is 1.47 bits per heavy atom. The molecule has 0 atom stereocenters. The van der Waals surface area contributed by atoms with Crippen molar-refractivity contribution in [3.63, 3.8) is 0 Å². The highest BCUT2D eigenvalue weighted by Gasteiger charge is 2.17. The van der Waals surface area contributed by atoms with Crippen LogP contribution in [0.5, 0.6) is 0 Å². The van der Waals surface area contributed by atoms with Crippen LogP contribution < -0.4 is 0 Å². The fourth-order valence-electron chi connectivity index (χ4n) is 1.49. The van der Waals surface area contributed by atoms with Gasteiger partial charge in [0.2, 0.25) is 0 Å². The molecule has 0 spiro atoms. The maximum absolute atomic E-state index is 11.5. The van der Waals surface area contributed by atoms with E-state index in [4.69, 9.17) is 4.74 Å². The molecule has 1 aromatic carbocycles. The smallest absolute Gasteiger partial charge is 0.348 e. The van der Waals surface area contributed by atoms with Gasteiger partial charge in [-0.3, -0.25) is 0 Å². The Balaban J connectivity index is 2.69. The lowest BCUT2D eigenvalue weighted by atomic mass is 10.1. The largest absolute Gasteiger partial charge is 0.465 e. The summed E-state index contributed by atoms with van der Waals surface area (Å²) in [4.78, 5) is 12.3. The molecular weight excluding hydrogens is 323 g/mol. The molecular formula is C11H9IO2S. The summed E-state index contributed by atoms with van der Waals surface area (Å²) in [6.07, 6.45) is 0. The average Bonchev–Trinajstić information content (AvgIpc) is 2.66. The van der Waals surface area contributed by atoms with Crippen molar-refractivity contribution in [3.8, 4) is 0 Å². The Labute approximate surface area is 105 Å². The highest BCUT2D eigenvalue weighted by Crippen LogP contribution is 2.33. The van der Waals surface area contributed by atoms with Crippen LogP contribution in [0.15, 0.2) is 24.3 Å². The van der Waals surface area contributed by atoms with Gasteiger partial charge < -0.3 is 4.74 Å². The summed E-state index contributed by atoms with van der Waals surface area (Å²) in [7, 11) is 1.42. The zero-order valence-electron chi connectivity index (χ0n) is 8.12. The molecule has 0 bridgehead atoms. The predicted molar refractivity (Wildman–Crippen MR) is 70.9 cm³/mol. The summed E-state index contributed by atoms with van der Waals surface area (Å²) < 4.78 is 6.75. The number of thiophene rings is 1. The number of carbonyl (C=O) groups is 1. The van der Waals surface area contributed by atoms with Crippen molar-refractivity contribution >= 4 is 50.0 Å². The summed E-state index contributed by atoms with van der Waals surface area (Å²) in [6, 6.07) is 8.05. The molecule has 0 amide bonds. The second-order valence-electron chi connectivity index (χ2n) is 3.03. The molecule has 0 N–H and O–H groups in total. The third-order valence-corrected chi connectivity index (χ3v) is 4.16. The number of ether oxygens (including phenoxy) is 1. The first-order valence-corrected chi connectivity index (χ1v) is 6.76. The molecule has 0 aliphatic heterocycles. The molecule has 2 nitrogen and oxygen atoms in total. The molecule has 2 rings (SSSR count). The maximum Gasteiger partial charge on any atom is 0.348 e. The Hall–Kier alpha value is -0.620. The first kappa shape index (κ1) is 10.9. The van der Waals surface area contributed by atoms with Gasteiger partial charge in [0.15, 0.2) is 0 Å². The van der Waals surface area contributed by atoms with Crippen LogP contribution >= 0.6 is 33.9 Å². The van der Waals surface area contributed by atoms with E-state index in [0.29, 0.717) is 0 Å². The molecule has 4 heteroatoms. The summed E-state index contributed by atoms with van der Waals surface area (Å²) in [5.74, 6) is -0.233. The molecule has 0 saturated carbocycles. The minimum Gasteiger partial charge on any atom is -0.465 e. The van der Waals surface area contributed by atoms with E-state index in [1.54, 1.807) is 0 Å². The van der Waals surface area contributed by atoms with Crippen molar-refractivity contribution in [2.45, 2.75) is 4.43 Å². The number of rotatable bonds is 2. The van der Waals surface area contributed by atoms with Crippen LogP contribution in [0.1, 0.15) is 15.2 Å². The number of methoxy groups -OCH3 is 1. The highest BCUT2D eigenvalue weighted by atomic mass is 127. The third-order valence-electron chi connectivity index (χ3n) is 2.20. The monoisotopic (exact) mass is 332 g/mol. The first-order valence-electron chi connectivity index (χ1n) is 4.42. The molecule has 0 aliphatic rings. The van der Waals surface area contributed by atoms with Gasteiger partial charge >= 0.3 is 5.97 Å². The molecule has 2 aromatic rings. The average molecular weight is 332 g/mol. The van der Waals surface area contributed by atoms with Gasteiger partial charge in [0.05, 0.1) is 7.11 Å². The molecule has 78 valence electrons. The molecule has 0 unspecified atom stereocenters. The molecule has 0 aliphatic carbocycles. The SMILES string of the molecule is COC(=O)c1sc2ccccc2c1CI. The molecule has 0 fully saturated rings. The number of alkyl halides is 1. The number of hydrogen-bond acceptors (Lipinski definition) is 3. The molecule has 15 heavy (non-hydrogen) atoms. The van der Waals surface area contributed by atoms with Crippen LogP contribution in [-0.2, 0) is 9.16 Å². The maximum atomic E-state index is 11.5. The topological polar surface area (TPSA) is 26.3 Å². The lowest BCUT2D eigenvalue weighted by molar-refractivity contribution is 0.0605. The molecule has 1 aromatic heterocycles. The van der Waals surface area contributed by atoms with Gasteiger partial charge in [-0.25, -0.2) is 4.79 Å². The minimum absolute atomic E-state index is 0.233. The van der Waals surface area contributed by atoms with Crippen molar-refractivity contribution in [2.24, 2.45) is 0 Å². The van der Waals surface area contributed by atoms with E-state index in [1.165, 1.54) is 18.4 Å². The highest BCUT2D eigenvalue weighted by molar-refractivity contribution is 14.1. The van der Waals surface area contributed by atoms with E-state index in [0.717, 1.165) is 25.0 Å². The van der Waals surface area contributed by atoms with E-state index < -0.39 is 0 Å². The summed E-state index contributed by atoms with van der Waals surface area (Å²) in [6.45, 7) is 0. The fraction of sp³-hybridized carbons (Fsp3) is 0.182. The number of halogens is 1. The van der Waals surface area contributed by atoms with Gasteiger partial charge in [-0.1, -0.05) is 40.8 Å². The summed E-state index contributed by atoms with van der Waals surface area (Å²) in [5, 5.41) is 1.16. The van der Waals surface area contributed by atoms with E-state index >= 15 is 0 Å². The zero-order valence-corrected chi connectivity index (χ0v) is 11.1. The Morgan fingerprint density at radius 3 is 2.87 bits per heavy atom. The van der Waals surface area contributed by atoms with E-state index in [1.807, 2.05) is 24.3 Å². The van der Waals surface area contributed by atoms with Crippen molar-refractivity contribution in [1.29, 1.82) is 0 Å². The number of benzene rings is 1. The van der Waals surface area contributed by atoms with Gasteiger partial charge in [-0.05, 0) is 17.0 Å². The van der Waals surface area contributed by atoms with Gasteiger partial charge in [0.1, 0.15) is 4.88 Å². The quantitative estimate of drug-likeness (QED) is 0.477. The van der Waals surface area contributed by atoms with E-state index in [-0.39, 0.29) is 5.97 Å². The van der Waals surface area contributed by atoms with Gasteiger partial charge in [-0.2, -0.15) is 0 Å². The lowest BCUT2D eigenvalue weighted by Gasteiger charge is -1.98. The lowest BCUT2D eigenvalue weighted by Crippen LogP contribution is -2.00. The van der Waals surface area contributed by atoms with E-state index in [9.17, 15) is 4.79 Å². The van der Waals surface area contributed by atoms with Gasteiger partial charge in [-0.15, -0.1) is 11.3 Å². The van der Waals surface area contributed by atoms with Crippen molar-refractivity contribution < 1.29 is 9.53 Å². The number of carbonyl (C=O) groups excluding carboxylic acids is 1. The van der Waals surface area contributed by atoms with Crippen LogP contribution in [0.3, 0.4) is 0 Å². The van der Waals surface area contributed by atoms with Crippen molar-refractivity contribution in [2.75, 3.05) is 7.11 Å². The molecule has 0 radical (unpaired) electrons. The number of fused-ring (bicyclic) bond motifs is 1. The van der Waals surface area contributed by atoms with Crippen LogP contribution in [0, 0.1) is 0 Å². The predicted octanol–water partition coefficient (Wildman–Crippen LogP) is 3.62. The van der Waals surface area contributed by atoms with Crippen LogP contribution in [0.25, 0.3) is 10.1 Å². The van der Waals surface area contributed by atoms with Crippen LogP contribution in [0.4, 0.5) is 0 Å². The second-order valence-corrected chi connectivity index (χ2v) is 4.85. The third kappa shape index (κ3) is 1.88. The zero-order chi connectivity index (χ0) is 10.8. The van der Waals surface area contributed by atoms with Crippen molar-refractivity contribution in [3.05, 3.63) is 34.7 Å². The van der Waals surface area contributed by atoms with Crippen LogP contribution in [-0.4, -0.2) is 13.1 Å². The summed E-state index contributed by atoms with van der Waals surface area (Å²) in [5.41, 5.74) is 1.09. The Bertz CT molecular complexity index is 504. The fourth-order valence-corrected chi connectivity index (χ4v) is 3.68. The standard InChI is InChI=1S/C11H9IO2S/c1-14-11(13)10-8(6-12)7-4-2-3-5-9(7)15-10/h2-5H,6H2,1H3. The Kier molecular flexibility index (Phi) is 3.25. The van der Waals surface area contributed by atoms with Gasteiger partial charge in [0, 0.05) is 9.13 Å². The minimum atomic E-state index is -0.233. The second kappa shape index (κ2) is 4.49. The number of esters is 1. The van der Waals surface area contributed by atoms with Crippen LogP contribution in [0.2, 0.25) is 0 Å². The Morgan fingerprint density at radius 2 is 2.20 bits per heavy atom. The number of hydrogen-bond donors (Lipinski definition) is 0. The first-order chi connectivity index (χ1) is 7.27. The summed E-state index contributed by atoms with van der Waals surface area (Å²) >= 11 is 3.77. The van der Waals surface area contributed by atoms with Crippen molar-refractivity contribution in [1.82, 2.24) is 0 Å². The van der Waals surface area contributed by atoms with E-state index in [2.05, 4.69) is 22.6 Å². The molecule has 0 saturated heterocycles.